The number of hydrogen-bond acceptors (Lipinski definition) is 2. The first-order valence-electron chi connectivity index (χ1n) is 5.71. The SMILES string of the molecule is C[C@H](N)C(=O)N(C)C1CCc2ccccc21. The van der Waals surface area contributed by atoms with E-state index in [1.165, 1.54) is 11.1 Å². The average molecular weight is 218 g/mol. The van der Waals surface area contributed by atoms with Crippen LogP contribution < -0.4 is 5.73 Å². The molecule has 0 saturated carbocycles. The Bertz CT molecular complexity index is 401. The molecule has 1 amide bonds. The van der Waals surface area contributed by atoms with Crippen LogP contribution in [0.25, 0.3) is 0 Å². The maximum Gasteiger partial charge on any atom is 0.239 e. The van der Waals surface area contributed by atoms with Crippen LogP contribution >= 0.6 is 0 Å². The maximum atomic E-state index is 11.8. The van der Waals surface area contributed by atoms with Gasteiger partial charge in [0.25, 0.3) is 0 Å². The van der Waals surface area contributed by atoms with Gasteiger partial charge >= 0.3 is 0 Å². The summed E-state index contributed by atoms with van der Waals surface area (Å²) in [6.07, 6.45) is 2.06. The topological polar surface area (TPSA) is 46.3 Å². The van der Waals surface area contributed by atoms with Crippen molar-refractivity contribution in [1.82, 2.24) is 4.90 Å². The van der Waals surface area contributed by atoms with Gasteiger partial charge in [0, 0.05) is 7.05 Å². The molecule has 1 aliphatic rings. The monoisotopic (exact) mass is 218 g/mol. The molecule has 2 atom stereocenters. The molecule has 0 spiro atoms. The minimum absolute atomic E-state index is 0.0155. The lowest BCUT2D eigenvalue weighted by Gasteiger charge is -2.27. The van der Waals surface area contributed by atoms with Gasteiger partial charge in [0.1, 0.15) is 0 Å². The van der Waals surface area contributed by atoms with Crippen molar-refractivity contribution in [2.75, 3.05) is 7.05 Å². The van der Waals surface area contributed by atoms with Crippen LogP contribution in [0.4, 0.5) is 0 Å². The fourth-order valence-corrected chi connectivity index (χ4v) is 2.41. The number of carbonyl (C=O) groups excluding carboxylic acids is 1. The molecule has 3 heteroatoms. The van der Waals surface area contributed by atoms with Gasteiger partial charge in [-0.05, 0) is 30.9 Å². The van der Waals surface area contributed by atoms with Crippen LogP contribution in [0.2, 0.25) is 0 Å². The lowest BCUT2D eigenvalue weighted by molar-refractivity contribution is -0.133. The molecule has 0 bridgehead atoms. The second kappa shape index (κ2) is 4.26. The number of benzene rings is 1. The highest BCUT2D eigenvalue weighted by molar-refractivity contribution is 5.81. The molecule has 1 aromatic rings. The highest BCUT2D eigenvalue weighted by Gasteiger charge is 2.29. The van der Waals surface area contributed by atoms with Crippen molar-refractivity contribution < 1.29 is 4.79 Å². The fraction of sp³-hybridized carbons (Fsp3) is 0.462. The van der Waals surface area contributed by atoms with Crippen molar-refractivity contribution in [2.45, 2.75) is 31.8 Å². The van der Waals surface area contributed by atoms with Crippen LogP contribution in [0.15, 0.2) is 24.3 Å². The minimum atomic E-state index is -0.419. The van der Waals surface area contributed by atoms with Gasteiger partial charge in [0.15, 0.2) is 0 Å². The zero-order valence-electron chi connectivity index (χ0n) is 9.81. The summed E-state index contributed by atoms with van der Waals surface area (Å²) >= 11 is 0. The Morgan fingerprint density at radius 1 is 1.50 bits per heavy atom. The van der Waals surface area contributed by atoms with E-state index in [0.717, 1.165) is 12.8 Å². The molecule has 16 heavy (non-hydrogen) atoms. The van der Waals surface area contributed by atoms with Gasteiger partial charge in [-0.25, -0.2) is 0 Å². The summed E-state index contributed by atoms with van der Waals surface area (Å²) in [6, 6.07) is 8.11. The summed E-state index contributed by atoms with van der Waals surface area (Å²) in [5.74, 6) is 0.0155. The molecule has 0 aromatic heterocycles. The fourth-order valence-electron chi connectivity index (χ4n) is 2.41. The molecule has 2 rings (SSSR count). The molecule has 0 fully saturated rings. The number of aryl methyl sites for hydroxylation is 1. The van der Waals surface area contributed by atoms with E-state index in [1.54, 1.807) is 11.8 Å². The van der Waals surface area contributed by atoms with Crippen LogP contribution in [0, 0.1) is 0 Å². The van der Waals surface area contributed by atoms with Crippen molar-refractivity contribution in [1.29, 1.82) is 0 Å². The van der Waals surface area contributed by atoms with Crippen molar-refractivity contribution in [3.05, 3.63) is 35.4 Å². The Kier molecular flexibility index (Phi) is 2.97. The first-order valence-corrected chi connectivity index (χ1v) is 5.71. The third kappa shape index (κ3) is 1.83. The molecule has 1 aliphatic carbocycles. The molecule has 1 aromatic carbocycles. The largest absolute Gasteiger partial charge is 0.337 e. The number of amides is 1. The second-order valence-electron chi connectivity index (χ2n) is 4.49. The van der Waals surface area contributed by atoms with Crippen LogP contribution in [-0.2, 0) is 11.2 Å². The molecule has 3 nitrogen and oxygen atoms in total. The highest BCUT2D eigenvalue weighted by Crippen LogP contribution is 2.34. The van der Waals surface area contributed by atoms with E-state index in [4.69, 9.17) is 5.73 Å². The summed E-state index contributed by atoms with van der Waals surface area (Å²) in [5.41, 5.74) is 8.27. The average Bonchev–Trinajstić information content (AvgIpc) is 2.70. The van der Waals surface area contributed by atoms with Crippen LogP contribution in [0.5, 0.6) is 0 Å². The molecule has 1 unspecified atom stereocenters. The Balaban J connectivity index is 2.22. The number of hydrogen-bond donors (Lipinski definition) is 1. The molecule has 2 N–H and O–H groups in total. The summed E-state index contributed by atoms with van der Waals surface area (Å²) < 4.78 is 0. The third-order valence-corrected chi connectivity index (χ3v) is 3.31. The van der Waals surface area contributed by atoms with Crippen molar-refractivity contribution >= 4 is 5.91 Å². The normalized spacial score (nSPS) is 20.3. The first kappa shape index (κ1) is 11.1. The van der Waals surface area contributed by atoms with Gasteiger partial charge in [-0.1, -0.05) is 24.3 Å². The predicted octanol–water partition coefficient (Wildman–Crippen LogP) is 1.48. The molecule has 0 saturated heterocycles. The Morgan fingerprint density at radius 3 is 2.88 bits per heavy atom. The van der Waals surface area contributed by atoms with Crippen LogP contribution in [0.3, 0.4) is 0 Å². The molecule has 0 radical (unpaired) electrons. The summed E-state index contributed by atoms with van der Waals surface area (Å²) in [5, 5.41) is 0. The van der Waals surface area contributed by atoms with Gasteiger partial charge in [0.05, 0.1) is 12.1 Å². The van der Waals surface area contributed by atoms with E-state index in [0.29, 0.717) is 0 Å². The summed E-state index contributed by atoms with van der Waals surface area (Å²) in [4.78, 5) is 13.6. The minimum Gasteiger partial charge on any atom is -0.337 e. The van der Waals surface area contributed by atoms with E-state index in [-0.39, 0.29) is 11.9 Å². The van der Waals surface area contributed by atoms with Gasteiger partial charge in [-0.15, -0.1) is 0 Å². The molecule has 0 aliphatic heterocycles. The predicted molar refractivity (Wildman–Crippen MR) is 63.9 cm³/mol. The first-order chi connectivity index (χ1) is 7.61. The molecular formula is C13H18N2O. The summed E-state index contributed by atoms with van der Waals surface area (Å²) in [6.45, 7) is 1.74. The number of carbonyl (C=O) groups is 1. The van der Waals surface area contributed by atoms with E-state index < -0.39 is 6.04 Å². The lowest BCUT2D eigenvalue weighted by atomic mass is 10.1. The Morgan fingerprint density at radius 2 is 2.19 bits per heavy atom. The maximum absolute atomic E-state index is 11.8. The molecular weight excluding hydrogens is 200 g/mol. The highest BCUT2D eigenvalue weighted by atomic mass is 16.2. The van der Waals surface area contributed by atoms with Gasteiger partial charge < -0.3 is 10.6 Å². The number of fused-ring (bicyclic) bond motifs is 1. The molecule has 0 heterocycles. The van der Waals surface area contributed by atoms with E-state index in [9.17, 15) is 4.79 Å². The van der Waals surface area contributed by atoms with Crippen LogP contribution in [0.1, 0.15) is 30.5 Å². The van der Waals surface area contributed by atoms with Crippen molar-refractivity contribution in [3.8, 4) is 0 Å². The van der Waals surface area contributed by atoms with Crippen molar-refractivity contribution in [2.24, 2.45) is 5.73 Å². The Hall–Kier alpha value is -1.35. The smallest absolute Gasteiger partial charge is 0.239 e. The van der Waals surface area contributed by atoms with E-state index in [2.05, 4.69) is 18.2 Å². The standard InChI is InChI=1S/C13H18N2O/c1-9(14)13(16)15(2)12-8-7-10-5-3-4-6-11(10)12/h3-6,9,12H,7-8,14H2,1-2H3/t9-,12?/m0/s1. The number of likely N-dealkylation sites (N-methyl/N-ethyl adjacent to an activating group) is 1. The number of rotatable bonds is 2. The van der Waals surface area contributed by atoms with Crippen molar-refractivity contribution in [3.63, 3.8) is 0 Å². The number of nitrogens with two attached hydrogens (primary N) is 1. The quantitative estimate of drug-likeness (QED) is 0.817. The number of nitrogens with zero attached hydrogens (tertiary/aromatic N) is 1. The van der Waals surface area contributed by atoms with Gasteiger partial charge in [-0.3, -0.25) is 4.79 Å². The van der Waals surface area contributed by atoms with Gasteiger partial charge in [-0.2, -0.15) is 0 Å². The van der Waals surface area contributed by atoms with Gasteiger partial charge in [0.2, 0.25) is 5.91 Å². The zero-order valence-corrected chi connectivity index (χ0v) is 9.81. The second-order valence-corrected chi connectivity index (χ2v) is 4.49. The van der Waals surface area contributed by atoms with E-state index in [1.807, 2.05) is 13.1 Å². The Labute approximate surface area is 96.2 Å². The van der Waals surface area contributed by atoms with E-state index >= 15 is 0 Å². The zero-order chi connectivity index (χ0) is 11.7. The third-order valence-electron chi connectivity index (χ3n) is 3.31. The molecule has 86 valence electrons. The summed E-state index contributed by atoms with van der Waals surface area (Å²) in [7, 11) is 1.85. The lowest BCUT2D eigenvalue weighted by Crippen LogP contribution is -2.41. The van der Waals surface area contributed by atoms with Crippen LogP contribution in [-0.4, -0.2) is 23.9 Å².